The fourth-order valence-electron chi connectivity index (χ4n) is 14.7. The summed E-state index contributed by atoms with van der Waals surface area (Å²) in [6.07, 6.45) is 25.6. The molecule has 0 saturated carbocycles. The Morgan fingerprint density at radius 2 is 0.703 bits per heavy atom. The number of nitrogens with zero attached hydrogens (tertiary/aromatic N) is 5. The Bertz CT molecular complexity index is 4470. The van der Waals surface area contributed by atoms with E-state index < -0.39 is 182 Å². The van der Waals surface area contributed by atoms with Crippen LogP contribution in [0.1, 0.15) is 45.4 Å². The predicted octanol–water partition coefficient (Wildman–Crippen LogP) is 1.71. The van der Waals surface area contributed by atoms with E-state index in [0.29, 0.717) is 94.5 Å². The van der Waals surface area contributed by atoms with Gasteiger partial charge in [-0.3, -0.25) is 9.59 Å². The number of hydrogen-bond donors (Lipinski definition) is 20. The maximum Gasteiger partial charge on any atom is 0.325 e. The van der Waals surface area contributed by atoms with Gasteiger partial charge in [0.25, 0.3) is 11.8 Å². The number of nitrogens with one attached hydrogen (secondary N) is 8. The minimum absolute atomic E-state index is 0.212. The Labute approximate surface area is 759 Å². The lowest BCUT2D eigenvalue weighted by molar-refractivity contribution is -0.119. The van der Waals surface area contributed by atoms with Crippen molar-refractivity contribution >= 4 is 132 Å². The first kappa shape index (κ1) is 109. The van der Waals surface area contributed by atoms with Gasteiger partial charge in [0.15, 0.2) is 18.7 Å². The molecule has 0 bridgehead atoms. The molecule has 12 rings (SSSR count). The second-order valence-corrected chi connectivity index (χ2v) is 64.2. The molecule has 0 spiro atoms. The van der Waals surface area contributed by atoms with Crippen LogP contribution in [0.3, 0.4) is 0 Å². The SMILES string of the molecule is C=C1NC(=O)C(C)=CN1[C@@H]1O[C@H](CCP(=C)(C)C)[C@@H](O)C1O.C=C1NC(=O)C=NN1[C@@H]1O[C@H](CCP(=C)(C)C)[C@@H](O)C1O.C=C1NC(=O)N(C)C=C1[C@@H]1O[C@H](CCP(=C)(C)C)[C@@H](O)C1O.C=C1NC(=O)NC=C1[C@@H]1O[C@H](CCP(=C)(C)C)[C@@H](O)C1O.C=C1NC(=O)NC=C1[C@@H]1O[C@H](CCP(=C)(C)C)[C@@H](O)C1O.C=C1NC(=S)C=CN1[C@@H]1O[C@H](CCP(=C)(C)C)[C@@H](O)C1O. The van der Waals surface area contributed by atoms with Gasteiger partial charge < -0.3 is 147 Å². The van der Waals surface area contributed by atoms with E-state index in [2.05, 4.69) is 205 Å². The van der Waals surface area contributed by atoms with Gasteiger partial charge in [0.2, 0.25) is 0 Å². The van der Waals surface area contributed by atoms with Crippen molar-refractivity contribution in [1.82, 2.24) is 62.2 Å². The monoisotopic (exact) mass is 1930 g/mol. The van der Waals surface area contributed by atoms with E-state index in [0.717, 1.165) is 43.2 Å². The van der Waals surface area contributed by atoms with Crippen molar-refractivity contribution in [3.05, 3.63) is 133 Å². The van der Waals surface area contributed by atoms with Crippen molar-refractivity contribution < 1.29 is 114 Å². The summed E-state index contributed by atoms with van der Waals surface area (Å²) in [6.45, 7) is 42.4. The van der Waals surface area contributed by atoms with Crippen LogP contribution in [0.5, 0.6) is 0 Å². The number of carbonyl (C=O) groups excluding carboxylic acids is 5. The number of hydrazone groups is 1. The van der Waals surface area contributed by atoms with Gasteiger partial charge in [0, 0.05) is 77.4 Å². The molecule has 24 atom stereocenters. The summed E-state index contributed by atoms with van der Waals surface area (Å²) in [5.74, 6) is 0.463. The van der Waals surface area contributed by atoms with Crippen molar-refractivity contribution in [1.29, 1.82) is 0 Å². The Hall–Kier alpha value is -6.07. The minimum atomic E-state index is -1.23. The molecule has 0 radical (unpaired) electrons. The molecule has 6 saturated heterocycles. The number of aliphatic hydroxyl groups is 12. The Morgan fingerprint density at radius 3 is 1.05 bits per heavy atom. The molecule has 0 aromatic carbocycles. The van der Waals surface area contributed by atoms with Gasteiger partial charge >= 0.3 is 18.1 Å². The Balaban J connectivity index is 0.000000210. The zero-order chi connectivity index (χ0) is 96.4. The number of carbonyl (C=O) groups is 5. The summed E-state index contributed by atoms with van der Waals surface area (Å²) in [4.78, 5) is 61.8. The van der Waals surface area contributed by atoms with Gasteiger partial charge in [-0.05, 0) is 168 Å². The topological polar surface area (TPSA) is 505 Å². The van der Waals surface area contributed by atoms with Crippen molar-refractivity contribution in [2.24, 2.45) is 5.10 Å². The molecule has 0 aromatic heterocycles. The van der Waals surface area contributed by atoms with Crippen molar-refractivity contribution in [3.63, 3.8) is 0 Å². The van der Waals surface area contributed by atoms with Crippen molar-refractivity contribution in [3.8, 4) is 0 Å². The number of hydrogen-bond acceptors (Lipinski definition) is 28. The minimum Gasteiger partial charge on any atom is -0.388 e. The maximum absolute atomic E-state index is 11.6. The molecule has 8 amide bonds. The van der Waals surface area contributed by atoms with E-state index in [-0.39, 0.29) is 41.8 Å². The standard InChI is InChI=1S/2C15H25N2O4P.2C14H23N2O4P.C14H23N2O3PS.C13H22N3O4P/c1-9-10(8-17(2)15(20)16-9)14-13(19)12(18)11(21-14)6-7-22(3,4)5;1-9-8-17(10(2)16-14(9)20)15-13(19)12(18)11(21-15)6-7-22(3,4)5;2*1-8-9(7-15-14(19)16-8)13-12(18)11(17)10(20-13)5-6-21(2,3)4;1-9-15-11(21)5-7-16(9)14-13(18)12(17)10(19-14)6-8-20(2,3)4;1-8-15-10(17)7-14-16(8)13-12(19)11(18)9(20-13)5-6-21(2,3)4/h8,11-14,18-19H,1,3,6-7H2,2,4-5H3,(H,16,20);8,11-13,15,18-19H,2-3,6-7H2,1,4-5H3,(H,16,20);2*7,10-13,17-18H,1-2,5-6H2,3-4H3,(H2,15,16,19);5,7,10,12-14,17-18H,1-2,6,8H2,3-4H3,(H,15,21);7,9,11-13,18-19H,1-2,5-6H2,3-4H3,(H,15,17)/t11-,12-,13?,14+;11-,12-,13?,15-;2*10-,11-,12?,13+;10-,12-,13?,14-;9-,11-,12?,13-/m111111/s1. The second-order valence-electron chi connectivity index (χ2n) is 37.8. The average molecular weight is 1930 g/mol. The van der Waals surface area contributed by atoms with E-state index in [1.807, 2.05) is 0 Å². The van der Waals surface area contributed by atoms with E-state index in [4.69, 9.17) is 40.6 Å². The van der Waals surface area contributed by atoms with Crippen LogP contribution >= 0.6 is 53.5 Å². The molecule has 0 aromatic rings. The highest BCUT2D eigenvalue weighted by atomic mass is 32.1. The number of amides is 8. The molecular formula is C85H141N13O23P6S. The first-order valence-corrected chi connectivity index (χ1v) is 60.5. The van der Waals surface area contributed by atoms with Gasteiger partial charge in [-0.1, -0.05) is 51.7 Å². The second kappa shape index (κ2) is 45.3. The highest BCUT2D eigenvalue weighted by Gasteiger charge is 2.52. The average Bonchev–Trinajstić information content (AvgIpc) is 1.73. The molecule has 12 aliphatic heterocycles. The molecule has 20 N–H and O–H groups in total. The number of aliphatic hydroxyl groups excluding tert-OH is 12. The number of thiocarbonyl (C=S) groups is 1. The van der Waals surface area contributed by atoms with Crippen LogP contribution in [0, 0.1) is 0 Å². The molecule has 720 valence electrons. The lowest BCUT2D eigenvalue weighted by Gasteiger charge is -2.34. The molecule has 6 fully saturated rings. The predicted molar refractivity (Wildman–Crippen MR) is 524 cm³/mol. The molecule has 12 aliphatic rings. The lowest BCUT2D eigenvalue weighted by atomic mass is 9.99. The highest BCUT2D eigenvalue weighted by molar-refractivity contribution is 7.80. The van der Waals surface area contributed by atoms with E-state index in [1.54, 1.807) is 48.4 Å². The van der Waals surface area contributed by atoms with Crippen LogP contribution < -0.4 is 42.5 Å². The van der Waals surface area contributed by atoms with Gasteiger partial charge in [0.05, 0.1) is 36.6 Å². The summed E-state index contributed by atoms with van der Waals surface area (Å²) < 4.78 is 34.8. The molecule has 0 aliphatic carbocycles. The Morgan fingerprint density at radius 1 is 0.391 bits per heavy atom. The molecule has 128 heavy (non-hydrogen) atoms. The van der Waals surface area contributed by atoms with Crippen LogP contribution in [0.25, 0.3) is 0 Å². The van der Waals surface area contributed by atoms with Crippen molar-refractivity contribution in [2.45, 2.75) is 192 Å². The molecular weight excluding hydrogens is 1790 g/mol. The molecule has 12 heterocycles. The zero-order valence-electron chi connectivity index (χ0n) is 76.1. The third kappa shape index (κ3) is 31.0. The highest BCUT2D eigenvalue weighted by Crippen LogP contribution is 2.46. The zero-order valence-corrected chi connectivity index (χ0v) is 82.2. The van der Waals surface area contributed by atoms with Crippen LogP contribution in [0.2, 0.25) is 0 Å². The van der Waals surface area contributed by atoms with Gasteiger partial charge in [-0.2, -0.15) is 5.10 Å². The van der Waals surface area contributed by atoms with E-state index in [9.17, 15) is 85.3 Å². The fourth-order valence-corrected chi connectivity index (χ4v) is 20.6. The third-order valence-electron chi connectivity index (χ3n) is 22.2. The normalized spacial score (nSPS) is 33.3. The lowest BCUT2D eigenvalue weighted by Crippen LogP contribution is -2.47. The smallest absolute Gasteiger partial charge is 0.325 e. The summed E-state index contributed by atoms with van der Waals surface area (Å²) in [5, 5.41) is 148. The Kier molecular flexibility index (Phi) is 38.6. The number of rotatable bonds is 24. The number of ether oxygens (including phenoxy) is 6. The van der Waals surface area contributed by atoms with Crippen LogP contribution in [0.4, 0.5) is 14.4 Å². The largest absolute Gasteiger partial charge is 0.388 e. The van der Waals surface area contributed by atoms with Crippen LogP contribution in [-0.2, 0) is 38.0 Å². The summed E-state index contributed by atoms with van der Waals surface area (Å²) >= 11 is 5.03. The molecule has 36 nitrogen and oxygen atoms in total. The maximum atomic E-state index is 11.6. The molecule has 43 heteroatoms. The first-order valence-electron chi connectivity index (χ1n) is 41.7. The van der Waals surface area contributed by atoms with Crippen LogP contribution in [0.15, 0.2) is 138 Å². The van der Waals surface area contributed by atoms with E-state index >= 15 is 0 Å². The van der Waals surface area contributed by atoms with E-state index in [1.165, 1.54) is 22.3 Å². The summed E-state index contributed by atoms with van der Waals surface area (Å²) in [5.41, 5.74) is 3.32. The third-order valence-corrected chi connectivity index (χ3v) is 31.2. The first-order chi connectivity index (χ1) is 58.9. The quantitative estimate of drug-likeness (QED) is 0.0483. The summed E-state index contributed by atoms with van der Waals surface area (Å²) in [6, 6.07) is -1.05. The van der Waals surface area contributed by atoms with Gasteiger partial charge in [-0.25, -0.2) is 19.4 Å². The molecule has 6 unspecified atom stereocenters. The van der Waals surface area contributed by atoms with Gasteiger partial charge in [0.1, 0.15) is 120 Å². The van der Waals surface area contributed by atoms with Crippen LogP contribution in [-0.4, -0.2) is 431 Å². The van der Waals surface area contributed by atoms with Crippen molar-refractivity contribution in [2.75, 3.05) is 124 Å². The fraction of sp³-hybridized carbons (Fsp3) is 0.588. The summed E-state index contributed by atoms with van der Waals surface area (Å²) in [7, 11) is 1.60. The number of urea groups is 3. The van der Waals surface area contributed by atoms with Gasteiger partial charge in [-0.15, -0.1) is 79.1 Å².